The fraction of sp³-hybridized carbons (Fsp3) is 0.250. The molecule has 0 aliphatic rings. The smallest absolute Gasteiger partial charge is 0.227 e. The molecule has 1 heterocycles. The number of nitrogens with two attached hydrogens (primary N) is 1. The molecule has 1 aromatic heterocycles. The van der Waals surface area contributed by atoms with Crippen LogP contribution in [0.4, 0.5) is 11.9 Å². The number of phenolic OH excluding ortho intramolecular Hbond substituents is 2. The molecule has 0 bridgehead atoms. The van der Waals surface area contributed by atoms with Crippen molar-refractivity contribution < 1.29 is 10.2 Å². The largest absolute Gasteiger partial charge is 0.504 e. The second-order valence-electron chi connectivity index (χ2n) is 4.06. The van der Waals surface area contributed by atoms with E-state index in [0.29, 0.717) is 24.7 Å². The summed E-state index contributed by atoms with van der Waals surface area (Å²) in [4.78, 5) is 11.9. The van der Waals surface area contributed by atoms with Crippen molar-refractivity contribution in [2.24, 2.45) is 0 Å². The first-order valence-electron chi connectivity index (χ1n) is 5.77. The molecule has 0 amide bonds. The van der Waals surface area contributed by atoms with Crippen molar-refractivity contribution in [1.82, 2.24) is 15.0 Å². The van der Waals surface area contributed by atoms with Crippen LogP contribution in [0.15, 0.2) is 18.2 Å². The van der Waals surface area contributed by atoms with Crippen molar-refractivity contribution in [2.45, 2.75) is 13.3 Å². The number of nitrogens with zero attached hydrogens (tertiary/aromatic N) is 3. The van der Waals surface area contributed by atoms with Gasteiger partial charge in [-0.05, 0) is 31.0 Å². The Bertz CT molecular complexity index is 568. The summed E-state index contributed by atoms with van der Waals surface area (Å²) in [6.45, 7) is 2.31. The highest BCUT2D eigenvalue weighted by Gasteiger charge is 2.03. The Labute approximate surface area is 110 Å². The number of aryl methyl sites for hydroxylation is 1. The number of hydrogen-bond donors (Lipinski definition) is 4. The SMILES string of the molecule is Cc1nc(N)nc(NCCc2ccc(O)c(O)c2)n1. The molecule has 0 fully saturated rings. The molecule has 1 aromatic carbocycles. The lowest BCUT2D eigenvalue weighted by Crippen LogP contribution is -2.10. The van der Waals surface area contributed by atoms with Gasteiger partial charge in [0.05, 0.1) is 0 Å². The lowest BCUT2D eigenvalue weighted by Gasteiger charge is -2.06. The molecule has 2 rings (SSSR count). The Balaban J connectivity index is 1.94. The topological polar surface area (TPSA) is 117 Å². The van der Waals surface area contributed by atoms with Gasteiger partial charge in [0.25, 0.3) is 0 Å². The number of anilines is 2. The van der Waals surface area contributed by atoms with Crippen molar-refractivity contribution in [3.63, 3.8) is 0 Å². The van der Waals surface area contributed by atoms with Crippen molar-refractivity contribution in [2.75, 3.05) is 17.6 Å². The van der Waals surface area contributed by atoms with Crippen molar-refractivity contribution >= 4 is 11.9 Å². The molecule has 0 saturated heterocycles. The zero-order chi connectivity index (χ0) is 13.8. The average Bonchev–Trinajstić information content (AvgIpc) is 2.32. The number of aromatic hydroxyl groups is 2. The van der Waals surface area contributed by atoms with Gasteiger partial charge in [-0.25, -0.2) is 0 Å². The van der Waals surface area contributed by atoms with Crippen LogP contribution in [0.1, 0.15) is 11.4 Å². The van der Waals surface area contributed by atoms with E-state index < -0.39 is 0 Å². The average molecular weight is 261 g/mol. The van der Waals surface area contributed by atoms with E-state index in [1.165, 1.54) is 12.1 Å². The van der Waals surface area contributed by atoms with E-state index in [1.807, 2.05) is 0 Å². The maximum absolute atomic E-state index is 9.37. The fourth-order valence-corrected chi connectivity index (χ4v) is 1.62. The van der Waals surface area contributed by atoms with E-state index >= 15 is 0 Å². The van der Waals surface area contributed by atoms with Crippen LogP contribution in [0.25, 0.3) is 0 Å². The second-order valence-corrected chi connectivity index (χ2v) is 4.06. The molecule has 100 valence electrons. The minimum absolute atomic E-state index is 0.127. The summed E-state index contributed by atoms with van der Waals surface area (Å²) in [7, 11) is 0. The van der Waals surface area contributed by atoms with Crippen LogP contribution in [0.3, 0.4) is 0 Å². The van der Waals surface area contributed by atoms with E-state index in [9.17, 15) is 10.2 Å². The van der Waals surface area contributed by atoms with Crippen LogP contribution in [0.2, 0.25) is 0 Å². The standard InChI is InChI=1S/C12H15N5O2/c1-7-15-11(13)17-12(16-7)14-5-4-8-2-3-9(18)10(19)6-8/h2-3,6,18-19H,4-5H2,1H3,(H3,13,14,15,16,17). The zero-order valence-electron chi connectivity index (χ0n) is 10.5. The third-order valence-electron chi connectivity index (χ3n) is 2.50. The summed E-state index contributed by atoms with van der Waals surface area (Å²) in [6, 6.07) is 4.71. The predicted molar refractivity (Wildman–Crippen MR) is 70.9 cm³/mol. The van der Waals surface area contributed by atoms with Crippen molar-refractivity contribution in [3.05, 3.63) is 29.6 Å². The van der Waals surface area contributed by atoms with E-state index in [1.54, 1.807) is 13.0 Å². The van der Waals surface area contributed by atoms with E-state index in [0.717, 1.165) is 5.56 Å². The summed E-state index contributed by atoms with van der Waals surface area (Å²) < 4.78 is 0. The number of benzene rings is 1. The molecule has 19 heavy (non-hydrogen) atoms. The molecule has 7 heteroatoms. The summed E-state index contributed by atoms with van der Waals surface area (Å²) >= 11 is 0. The van der Waals surface area contributed by atoms with Gasteiger partial charge in [0.2, 0.25) is 11.9 Å². The normalized spacial score (nSPS) is 10.4. The molecule has 0 radical (unpaired) electrons. The Morgan fingerprint density at radius 2 is 1.95 bits per heavy atom. The Morgan fingerprint density at radius 1 is 1.16 bits per heavy atom. The second kappa shape index (κ2) is 5.38. The predicted octanol–water partition coefficient (Wildman–Crippen LogP) is 0.828. The highest BCUT2D eigenvalue weighted by molar-refractivity contribution is 5.41. The van der Waals surface area contributed by atoms with E-state index in [2.05, 4.69) is 20.3 Å². The van der Waals surface area contributed by atoms with Crippen molar-refractivity contribution in [1.29, 1.82) is 0 Å². The summed E-state index contributed by atoms with van der Waals surface area (Å²) in [5.74, 6) is 0.901. The summed E-state index contributed by atoms with van der Waals surface area (Å²) in [5, 5.41) is 21.6. The van der Waals surface area contributed by atoms with Gasteiger partial charge in [0, 0.05) is 6.54 Å². The molecule has 0 aliphatic carbocycles. The molecular formula is C12H15N5O2. The molecule has 2 aromatic rings. The van der Waals surface area contributed by atoms with E-state index in [-0.39, 0.29) is 17.4 Å². The molecule has 7 nitrogen and oxygen atoms in total. The Hall–Kier alpha value is -2.57. The quantitative estimate of drug-likeness (QED) is 0.602. The highest BCUT2D eigenvalue weighted by Crippen LogP contribution is 2.24. The number of nitrogen functional groups attached to an aromatic ring is 1. The number of phenols is 2. The van der Waals surface area contributed by atoms with Crippen LogP contribution in [-0.4, -0.2) is 31.7 Å². The molecular weight excluding hydrogens is 246 g/mol. The zero-order valence-corrected chi connectivity index (χ0v) is 10.5. The minimum Gasteiger partial charge on any atom is -0.504 e. The maximum Gasteiger partial charge on any atom is 0.227 e. The summed E-state index contributed by atoms with van der Waals surface area (Å²) in [5.41, 5.74) is 6.41. The Morgan fingerprint density at radius 3 is 2.63 bits per heavy atom. The first-order chi connectivity index (χ1) is 9.04. The van der Waals surface area contributed by atoms with Gasteiger partial charge in [-0.1, -0.05) is 6.07 Å². The van der Waals surface area contributed by atoms with Gasteiger partial charge in [-0.3, -0.25) is 0 Å². The van der Waals surface area contributed by atoms with Crippen molar-refractivity contribution in [3.8, 4) is 11.5 Å². The van der Waals surface area contributed by atoms with Crippen LogP contribution < -0.4 is 11.1 Å². The molecule has 0 aliphatic heterocycles. The Kier molecular flexibility index (Phi) is 3.65. The number of aromatic nitrogens is 3. The maximum atomic E-state index is 9.37. The monoisotopic (exact) mass is 261 g/mol. The fourth-order valence-electron chi connectivity index (χ4n) is 1.62. The van der Waals surface area contributed by atoms with Crippen LogP contribution >= 0.6 is 0 Å². The molecule has 0 saturated carbocycles. The molecule has 5 N–H and O–H groups in total. The van der Waals surface area contributed by atoms with E-state index in [4.69, 9.17) is 5.73 Å². The van der Waals surface area contributed by atoms with Gasteiger partial charge in [-0.15, -0.1) is 0 Å². The highest BCUT2D eigenvalue weighted by atomic mass is 16.3. The number of rotatable bonds is 4. The van der Waals surface area contributed by atoms with Gasteiger partial charge < -0.3 is 21.3 Å². The molecule has 0 spiro atoms. The van der Waals surface area contributed by atoms with Gasteiger partial charge >= 0.3 is 0 Å². The van der Waals surface area contributed by atoms with Crippen LogP contribution in [-0.2, 0) is 6.42 Å². The third kappa shape index (κ3) is 3.44. The number of nitrogens with one attached hydrogen (secondary N) is 1. The lowest BCUT2D eigenvalue weighted by atomic mass is 10.1. The first-order valence-corrected chi connectivity index (χ1v) is 5.77. The van der Waals surface area contributed by atoms with Crippen LogP contribution in [0, 0.1) is 6.92 Å². The lowest BCUT2D eigenvalue weighted by molar-refractivity contribution is 0.403. The third-order valence-corrected chi connectivity index (χ3v) is 2.50. The van der Waals surface area contributed by atoms with Crippen LogP contribution in [0.5, 0.6) is 11.5 Å². The molecule has 0 unspecified atom stereocenters. The van der Waals surface area contributed by atoms with Gasteiger partial charge in [0.1, 0.15) is 5.82 Å². The molecule has 0 atom stereocenters. The first kappa shape index (κ1) is 12.9. The minimum atomic E-state index is -0.127. The van der Waals surface area contributed by atoms with Gasteiger partial charge in [0.15, 0.2) is 11.5 Å². The number of hydrogen-bond acceptors (Lipinski definition) is 7. The summed E-state index contributed by atoms with van der Waals surface area (Å²) in [6.07, 6.45) is 0.651. The van der Waals surface area contributed by atoms with Gasteiger partial charge in [-0.2, -0.15) is 15.0 Å².